The first-order chi connectivity index (χ1) is 14.6. The number of fused-ring (bicyclic) bond motifs is 1. The van der Waals surface area contributed by atoms with Crippen LogP contribution < -0.4 is 22.1 Å². The maximum atomic E-state index is 13.0. The Morgan fingerprint density at radius 3 is 2.63 bits per heavy atom. The van der Waals surface area contributed by atoms with Crippen molar-refractivity contribution in [3.05, 3.63) is 59.6 Å². The van der Waals surface area contributed by atoms with Crippen molar-refractivity contribution in [1.29, 1.82) is 0 Å². The number of rotatable bonds is 10. The first kappa shape index (κ1) is 21.9. The van der Waals surface area contributed by atoms with E-state index in [4.69, 9.17) is 11.5 Å². The lowest BCUT2D eigenvalue weighted by Gasteiger charge is -2.21. The molecule has 0 radical (unpaired) electrons. The fourth-order valence-electron chi connectivity index (χ4n) is 3.13. The highest BCUT2D eigenvalue weighted by molar-refractivity contribution is 7.16. The molecule has 2 amide bonds. The molecule has 0 aliphatic rings. The van der Waals surface area contributed by atoms with E-state index in [2.05, 4.69) is 15.6 Å². The first-order valence-corrected chi connectivity index (χ1v) is 10.9. The van der Waals surface area contributed by atoms with Gasteiger partial charge >= 0.3 is 0 Å². The van der Waals surface area contributed by atoms with Crippen LogP contribution in [0.4, 0.5) is 5.69 Å². The number of nitrogens with two attached hydrogens (primary N) is 2. The van der Waals surface area contributed by atoms with Crippen LogP contribution in [0.15, 0.2) is 54.0 Å². The van der Waals surface area contributed by atoms with E-state index in [-0.39, 0.29) is 11.8 Å². The first-order valence-electron chi connectivity index (χ1n) is 10.0. The van der Waals surface area contributed by atoms with Crippen LogP contribution in [0.2, 0.25) is 0 Å². The lowest BCUT2D eigenvalue weighted by Crippen LogP contribution is -2.50. The van der Waals surface area contributed by atoms with E-state index in [1.165, 1.54) is 11.3 Å². The third kappa shape index (κ3) is 6.09. The predicted octanol–water partition coefficient (Wildman–Crippen LogP) is 2.42. The second-order valence-electron chi connectivity index (χ2n) is 7.15. The average molecular weight is 426 g/mol. The predicted molar refractivity (Wildman–Crippen MR) is 121 cm³/mol. The Morgan fingerprint density at radius 1 is 1.07 bits per heavy atom. The Hall–Kier alpha value is -2.81. The van der Waals surface area contributed by atoms with Crippen molar-refractivity contribution in [2.75, 3.05) is 11.9 Å². The van der Waals surface area contributed by atoms with E-state index < -0.39 is 12.1 Å². The molecule has 6 N–H and O–H groups in total. The standard InChI is InChI=1S/C22H27N5O2S/c23-12-4-7-17(24)21(28)27-19(10-8-15-5-2-1-3-6-15)22(29)26-16-9-11-18-20(13-16)30-14-25-18/h1-3,5-6,9,11,13-14,17,19H,4,7-8,10,12,23-24H2,(H,26,29)(H,27,28)/t17-,19+/m0/s1. The van der Waals surface area contributed by atoms with E-state index in [9.17, 15) is 9.59 Å². The summed E-state index contributed by atoms with van der Waals surface area (Å²) in [5.74, 6) is -0.608. The molecule has 0 saturated carbocycles. The van der Waals surface area contributed by atoms with Crippen LogP contribution in [0.5, 0.6) is 0 Å². The second-order valence-corrected chi connectivity index (χ2v) is 8.03. The van der Waals surface area contributed by atoms with Gasteiger partial charge in [0.25, 0.3) is 0 Å². The minimum Gasteiger partial charge on any atom is -0.343 e. The molecule has 0 saturated heterocycles. The van der Waals surface area contributed by atoms with Crippen LogP contribution in [-0.2, 0) is 16.0 Å². The maximum absolute atomic E-state index is 13.0. The normalized spacial score (nSPS) is 13.0. The molecule has 1 aromatic heterocycles. The molecule has 0 unspecified atom stereocenters. The van der Waals surface area contributed by atoms with Crippen LogP contribution in [0.25, 0.3) is 10.2 Å². The minimum absolute atomic E-state index is 0.269. The van der Waals surface area contributed by atoms with Gasteiger partial charge in [0.15, 0.2) is 0 Å². The Labute approximate surface area is 179 Å². The number of benzene rings is 2. The number of aryl methyl sites for hydroxylation is 1. The molecule has 0 fully saturated rings. The summed E-state index contributed by atoms with van der Waals surface area (Å²) < 4.78 is 0.987. The number of thiazole rings is 1. The summed E-state index contributed by atoms with van der Waals surface area (Å²) in [4.78, 5) is 29.7. The van der Waals surface area contributed by atoms with Crippen LogP contribution in [-0.4, -0.2) is 35.4 Å². The van der Waals surface area contributed by atoms with Gasteiger partial charge in [-0.2, -0.15) is 0 Å². The van der Waals surface area contributed by atoms with Crippen molar-refractivity contribution in [2.24, 2.45) is 11.5 Å². The van der Waals surface area contributed by atoms with Gasteiger partial charge in [-0.05, 0) is 56.0 Å². The zero-order valence-electron chi connectivity index (χ0n) is 16.7. The van der Waals surface area contributed by atoms with Crippen LogP contribution in [0, 0.1) is 0 Å². The summed E-state index contributed by atoms with van der Waals surface area (Å²) >= 11 is 1.51. The molecule has 0 aliphatic carbocycles. The molecule has 7 nitrogen and oxygen atoms in total. The van der Waals surface area contributed by atoms with E-state index >= 15 is 0 Å². The summed E-state index contributed by atoms with van der Waals surface area (Å²) in [6.07, 6.45) is 2.26. The van der Waals surface area contributed by atoms with E-state index in [0.29, 0.717) is 37.9 Å². The number of nitrogens with zero attached hydrogens (tertiary/aromatic N) is 1. The molecule has 0 aliphatic heterocycles. The Kier molecular flexibility index (Phi) is 7.89. The van der Waals surface area contributed by atoms with Crippen molar-refractivity contribution >= 4 is 39.1 Å². The lowest BCUT2D eigenvalue weighted by molar-refractivity contribution is -0.127. The number of hydrogen-bond donors (Lipinski definition) is 4. The molecule has 2 aromatic carbocycles. The topological polar surface area (TPSA) is 123 Å². The van der Waals surface area contributed by atoms with Gasteiger partial charge in [0.1, 0.15) is 6.04 Å². The van der Waals surface area contributed by atoms with Crippen molar-refractivity contribution in [3.8, 4) is 0 Å². The number of aromatic nitrogens is 1. The van der Waals surface area contributed by atoms with Crippen LogP contribution >= 0.6 is 11.3 Å². The van der Waals surface area contributed by atoms with E-state index in [0.717, 1.165) is 15.8 Å². The molecule has 2 atom stereocenters. The fourth-order valence-corrected chi connectivity index (χ4v) is 3.85. The zero-order valence-corrected chi connectivity index (χ0v) is 17.5. The quantitative estimate of drug-likeness (QED) is 0.397. The number of anilines is 1. The largest absolute Gasteiger partial charge is 0.343 e. The number of hydrogen-bond acceptors (Lipinski definition) is 6. The molecule has 8 heteroatoms. The maximum Gasteiger partial charge on any atom is 0.246 e. The summed E-state index contributed by atoms with van der Waals surface area (Å²) in [6, 6.07) is 14.0. The summed E-state index contributed by atoms with van der Waals surface area (Å²) in [7, 11) is 0. The Balaban J connectivity index is 1.69. The zero-order chi connectivity index (χ0) is 21.3. The number of carbonyl (C=O) groups is 2. The van der Waals surface area contributed by atoms with Crippen molar-refractivity contribution in [2.45, 2.75) is 37.8 Å². The molecule has 3 aromatic rings. The number of nitrogens with one attached hydrogen (secondary N) is 2. The van der Waals surface area contributed by atoms with Gasteiger partial charge in [0.05, 0.1) is 21.8 Å². The van der Waals surface area contributed by atoms with Crippen LogP contribution in [0.1, 0.15) is 24.8 Å². The highest BCUT2D eigenvalue weighted by atomic mass is 32.1. The van der Waals surface area contributed by atoms with Gasteiger partial charge in [-0.25, -0.2) is 4.98 Å². The van der Waals surface area contributed by atoms with Gasteiger partial charge in [-0.1, -0.05) is 30.3 Å². The Morgan fingerprint density at radius 2 is 1.87 bits per heavy atom. The molecule has 30 heavy (non-hydrogen) atoms. The molecular formula is C22H27N5O2S. The van der Waals surface area contributed by atoms with Crippen molar-refractivity contribution in [1.82, 2.24) is 10.3 Å². The molecule has 158 valence electrons. The number of carbonyl (C=O) groups excluding carboxylic acids is 2. The highest BCUT2D eigenvalue weighted by Crippen LogP contribution is 2.22. The van der Waals surface area contributed by atoms with Crippen LogP contribution in [0.3, 0.4) is 0 Å². The molecule has 1 heterocycles. The third-order valence-electron chi connectivity index (χ3n) is 4.85. The second kappa shape index (κ2) is 10.8. The Bertz CT molecular complexity index is 976. The van der Waals surface area contributed by atoms with E-state index in [1.807, 2.05) is 48.5 Å². The van der Waals surface area contributed by atoms with Gasteiger partial charge < -0.3 is 22.1 Å². The molecule has 0 bridgehead atoms. The minimum atomic E-state index is -0.696. The smallest absolute Gasteiger partial charge is 0.246 e. The number of amides is 2. The summed E-state index contributed by atoms with van der Waals surface area (Å²) in [6.45, 7) is 0.471. The molecule has 3 rings (SSSR count). The molecule has 0 spiro atoms. The van der Waals surface area contributed by atoms with Gasteiger partial charge in [-0.3, -0.25) is 9.59 Å². The summed E-state index contributed by atoms with van der Waals surface area (Å²) in [5, 5.41) is 5.73. The SMILES string of the molecule is NCCC[C@H](N)C(=O)N[C@H](CCc1ccccc1)C(=O)Nc1ccc2ncsc2c1. The van der Waals surface area contributed by atoms with Gasteiger partial charge in [0.2, 0.25) is 11.8 Å². The summed E-state index contributed by atoms with van der Waals surface area (Å²) in [5.41, 5.74) is 15.9. The van der Waals surface area contributed by atoms with Crippen molar-refractivity contribution < 1.29 is 9.59 Å². The van der Waals surface area contributed by atoms with Crippen molar-refractivity contribution in [3.63, 3.8) is 0 Å². The average Bonchev–Trinajstić information content (AvgIpc) is 3.23. The highest BCUT2D eigenvalue weighted by Gasteiger charge is 2.23. The third-order valence-corrected chi connectivity index (χ3v) is 5.64. The lowest BCUT2D eigenvalue weighted by atomic mass is 10.0. The van der Waals surface area contributed by atoms with Gasteiger partial charge in [0, 0.05) is 5.69 Å². The van der Waals surface area contributed by atoms with Gasteiger partial charge in [-0.15, -0.1) is 11.3 Å². The van der Waals surface area contributed by atoms with E-state index in [1.54, 1.807) is 5.51 Å². The fraction of sp³-hybridized carbons (Fsp3) is 0.318. The monoisotopic (exact) mass is 425 g/mol. The molecular weight excluding hydrogens is 398 g/mol.